The SMILES string of the molecule is CS(=O)(=O)Nc1ccc2c(c1)S(=O)(=O)N=C(C1=C(O)[C@@H]3C4CC5CC6CC([C@@H]3N(Cc3ccc(F)cc3)C1=O)C4(C5)C6)N2. The van der Waals surface area contributed by atoms with Crippen LogP contribution in [0.4, 0.5) is 15.8 Å². The zero-order valence-electron chi connectivity index (χ0n) is 23.3. The summed E-state index contributed by atoms with van der Waals surface area (Å²) in [6, 6.07) is 9.73. The molecule has 4 aliphatic carbocycles. The van der Waals surface area contributed by atoms with Crippen LogP contribution in [0.15, 0.2) is 63.1 Å². The van der Waals surface area contributed by atoms with Crippen LogP contribution in [0.1, 0.15) is 37.7 Å². The molecule has 13 heteroatoms. The third-order valence-corrected chi connectivity index (χ3v) is 12.7. The molecule has 0 radical (unpaired) electrons. The number of nitrogens with zero attached hydrogens (tertiary/aromatic N) is 2. The minimum Gasteiger partial charge on any atom is -0.511 e. The van der Waals surface area contributed by atoms with Crippen LogP contribution >= 0.6 is 0 Å². The summed E-state index contributed by atoms with van der Waals surface area (Å²) in [4.78, 5) is 15.9. The fraction of sp³-hybridized carbons (Fsp3) is 0.467. The lowest BCUT2D eigenvalue weighted by Crippen LogP contribution is -2.53. The van der Waals surface area contributed by atoms with E-state index in [9.17, 15) is 31.1 Å². The number of amidine groups is 1. The molecule has 3 bridgehead atoms. The van der Waals surface area contributed by atoms with Crippen molar-refractivity contribution in [1.29, 1.82) is 0 Å². The van der Waals surface area contributed by atoms with Gasteiger partial charge in [-0.3, -0.25) is 9.52 Å². The molecule has 10 nitrogen and oxygen atoms in total. The second kappa shape index (κ2) is 8.81. The third kappa shape index (κ3) is 3.99. The van der Waals surface area contributed by atoms with Crippen molar-refractivity contribution in [1.82, 2.24) is 4.90 Å². The van der Waals surface area contributed by atoms with Crippen LogP contribution in [0.25, 0.3) is 0 Å². The fourth-order valence-corrected chi connectivity index (χ4v) is 11.4. The van der Waals surface area contributed by atoms with Gasteiger partial charge in [-0.1, -0.05) is 12.1 Å². The van der Waals surface area contributed by atoms with Gasteiger partial charge in [0.25, 0.3) is 15.9 Å². The van der Waals surface area contributed by atoms with Gasteiger partial charge in [0.1, 0.15) is 22.0 Å². The van der Waals surface area contributed by atoms with Gasteiger partial charge >= 0.3 is 0 Å². The minimum atomic E-state index is -4.37. The zero-order valence-corrected chi connectivity index (χ0v) is 25.0. The lowest BCUT2D eigenvalue weighted by molar-refractivity contribution is -0.133. The topological polar surface area (TPSA) is 145 Å². The number of carbonyl (C=O) groups excluding carboxylic acids is 1. The van der Waals surface area contributed by atoms with Crippen LogP contribution in [0, 0.1) is 40.8 Å². The van der Waals surface area contributed by atoms with E-state index in [1.807, 2.05) is 0 Å². The number of anilines is 2. The number of halogens is 1. The number of nitrogens with one attached hydrogen (secondary N) is 2. The molecule has 6 aliphatic rings. The van der Waals surface area contributed by atoms with Crippen molar-refractivity contribution in [3.05, 3.63) is 65.2 Å². The first-order chi connectivity index (χ1) is 20.3. The molecule has 2 aromatic carbocycles. The molecule has 1 amide bonds. The van der Waals surface area contributed by atoms with Gasteiger partial charge in [0.15, 0.2) is 5.84 Å². The van der Waals surface area contributed by atoms with Crippen molar-refractivity contribution in [3.63, 3.8) is 0 Å². The van der Waals surface area contributed by atoms with Gasteiger partial charge in [-0.25, -0.2) is 12.8 Å². The highest BCUT2D eigenvalue weighted by atomic mass is 32.2. The summed E-state index contributed by atoms with van der Waals surface area (Å²) < 4.78 is 70.2. The van der Waals surface area contributed by atoms with Crippen LogP contribution in [0.5, 0.6) is 0 Å². The molecule has 2 heterocycles. The molecule has 8 rings (SSSR count). The molecule has 43 heavy (non-hydrogen) atoms. The smallest absolute Gasteiger partial charge is 0.286 e. The fourth-order valence-electron chi connectivity index (χ4n) is 9.74. The van der Waals surface area contributed by atoms with Crippen molar-refractivity contribution >= 4 is 43.2 Å². The highest BCUT2D eigenvalue weighted by molar-refractivity contribution is 7.92. The number of carbonyl (C=O) groups is 1. The van der Waals surface area contributed by atoms with Gasteiger partial charge in [0.2, 0.25) is 10.0 Å². The Morgan fingerprint density at radius 2 is 1.79 bits per heavy atom. The molecule has 0 saturated heterocycles. The van der Waals surface area contributed by atoms with Crippen molar-refractivity contribution in [3.8, 4) is 0 Å². The largest absolute Gasteiger partial charge is 0.511 e. The lowest BCUT2D eigenvalue weighted by atomic mass is 9.72. The molecular formula is C30H31FN4O6S2. The molecule has 2 aromatic rings. The Balaban J connectivity index is 1.24. The highest BCUT2D eigenvalue weighted by Crippen LogP contribution is 2.75. The zero-order chi connectivity index (χ0) is 30.1. The number of rotatable bonds is 5. The van der Waals surface area contributed by atoms with E-state index in [-0.39, 0.29) is 75.0 Å². The maximum absolute atomic E-state index is 14.4. The number of amides is 1. The maximum atomic E-state index is 14.4. The molecule has 226 valence electrons. The van der Waals surface area contributed by atoms with E-state index in [1.54, 1.807) is 17.0 Å². The van der Waals surface area contributed by atoms with Gasteiger partial charge in [-0.2, -0.15) is 8.42 Å². The van der Waals surface area contributed by atoms with Gasteiger partial charge in [-0.15, -0.1) is 4.40 Å². The second-order valence-corrected chi connectivity index (χ2v) is 16.6. The minimum absolute atomic E-state index is 0.0526. The van der Waals surface area contributed by atoms with Gasteiger partial charge < -0.3 is 15.3 Å². The molecule has 7 atom stereocenters. The Kier molecular flexibility index (Phi) is 5.56. The van der Waals surface area contributed by atoms with Crippen molar-refractivity contribution in [2.75, 3.05) is 16.3 Å². The summed E-state index contributed by atoms with van der Waals surface area (Å²) in [5.74, 6) is 0.0258. The lowest BCUT2D eigenvalue weighted by Gasteiger charge is -2.42. The first-order valence-electron chi connectivity index (χ1n) is 14.6. The van der Waals surface area contributed by atoms with Crippen molar-refractivity contribution in [2.45, 2.75) is 49.6 Å². The number of hydrogen-bond donors (Lipinski definition) is 3. The van der Waals surface area contributed by atoms with Crippen LogP contribution < -0.4 is 10.0 Å². The van der Waals surface area contributed by atoms with E-state index >= 15 is 0 Å². The summed E-state index contributed by atoms with van der Waals surface area (Å²) in [6.45, 7) is 0.196. The maximum Gasteiger partial charge on any atom is 0.286 e. The second-order valence-electron chi connectivity index (χ2n) is 13.3. The molecule has 4 saturated carbocycles. The van der Waals surface area contributed by atoms with Crippen molar-refractivity contribution in [2.24, 2.45) is 39.4 Å². The van der Waals surface area contributed by atoms with Gasteiger partial charge in [0, 0.05) is 24.2 Å². The summed E-state index contributed by atoms with van der Waals surface area (Å²) in [5, 5.41) is 14.9. The number of fused-ring (bicyclic) bond motifs is 6. The van der Waals surface area contributed by atoms with E-state index < -0.39 is 26.0 Å². The predicted molar refractivity (Wildman–Crippen MR) is 157 cm³/mol. The van der Waals surface area contributed by atoms with Gasteiger partial charge in [-0.05, 0) is 97.1 Å². The Labute approximate surface area is 249 Å². The summed E-state index contributed by atoms with van der Waals surface area (Å²) >= 11 is 0. The highest BCUT2D eigenvalue weighted by Gasteiger charge is 2.72. The molecule has 2 aliphatic heterocycles. The van der Waals surface area contributed by atoms with Crippen LogP contribution in [0.3, 0.4) is 0 Å². The molecule has 3 N–H and O–H groups in total. The van der Waals surface area contributed by atoms with Crippen LogP contribution in [0.2, 0.25) is 0 Å². The van der Waals surface area contributed by atoms with E-state index in [2.05, 4.69) is 14.4 Å². The normalized spacial score (nSPS) is 34.9. The quantitative estimate of drug-likeness (QED) is 0.455. The summed E-state index contributed by atoms with van der Waals surface area (Å²) in [7, 11) is -8.03. The number of sulfonamides is 2. The first-order valence-corrected chi connectivity index (χ1v) is 17.9. The molecule has 4 fully saturated rings. The van der Waals surface area contributed by atoms with Crippen LogP contribution in [-0.2, 0) is 31.4 Å². The standard InChI is InChI=1S/C30H31FN4O6S2/c1-42(38,39)33-19-6-7-22-23(11-19)43(40,41)34-28(32-22)25-27(36)24-20-9-16-8-17-10-21(30(20,12-16)13-17)26(24)35(29(25)37)14-15-2-4-18(31)5-3-15/h2-7,11,16-17,20-21,24,26,33,36H,8-10,12-14H2,1H3,(H,32,34)/t16?,17?,20?,21?,24-,26+,30?/m1/s1. The first kappa shape index (κ1) is 27.1. The Morgan fingerprint density at radius 1 is 1.09 bits per heavy atom. The van der Waals surface area contributed by atoms with E-state index in [4.69, 9.17) is 0 Å². The number of aliphatic hydroxyl groups is 1. The number of hydrogen-bond acceptors (Lipinski definition) is 7. The average molecular weight is 627 g/mol. The molecule has 1 spiro atoms. The summed E-state index contributed by atoms with van der Waals surface area (Å²) in [6.07, 6.45) is 6.31. The van der Waals surface area contributed by atoms with Gasteiger partial charge in [0.05, 0.1) is 11.9 Å². The third-order valence-electron chi connectivity index (χ3n) is 10.8. The Morgan fingerprint density at radius 3 is 2.49 bits per heavy atom. The van der Waals surface area contributed by atoms with Crippen LogP contribution in [-0.4, -0.2) is 50.9 Å². The molecule has 5 unspecified atom stereocenters. The Hall–Kier alpha value is -3.45. The number of aliphatic hydroxyl groups excluding tert-OH is 1. The molecule has 0 aromatic heterocycles. The van der Waals surface area contributed by atoms with Crippen molar-refractivity contribution < 1.29 is 31.1 Å². The predicted octanol–water partition coefficient (Wildman–Crippen LogP) is 4.01. The number of benzene rings is 2. The van der Waals surface area contributed by atoms with E-state index in [1.165, 1.54) is 36.8 Å². The average Bonchev–Trinajstić information content (AvgIpc) is 3.45. The van der Waals surface area contributed by atoms with E-state index in [0.29, 0.717) is 11.8 Å². The molecular weight excluding hydrogens is 595 g/mol. The summed E-state index contributed by atoms with van der Waals surface area (Å²) in [5.41, 5.74) is 0.801. The monoisotopic (exact) mass is 626 g/mol. The van der Waals surface area contributed by atoms with E-state index in [0.717, 1.165) is 37.5 Å². The Bertz CT molecular complexity index is 1870.